The van der Waals surface area contributed by atoms with Crippen molar-refractivity contribution in [3.05, 3.63) is 75.7 Å². The highest BCUT2D eigenvalue weighted by atomic mass is 35.5. The molecule has 0 atom stereocenters. The Morgan fingerprint density at radius 3 is 2.39 bits per heavy atom. The lowest BCUT2D eigenvalue weighted by Crippen LogP contribution is -2.07. The van der Waals surface area contributed by atoms with Crippen molar-refractivity contribution in [3.63, 3.8) is 0 Å². The standard InChI is InChI=1S/C16H7ClF3NO2/c17-11-7-13(20)12(19)6-10(11)15-21-14(16(22)23-15)5-8-1-3-9(18)4-2-8/h1-7H. The smallest absolute Gasteiger partial charge is 0.363 e. The van der Waals surface area contributed by atoms with Crippen molar-refractivity contribution in [1.82, 2.24) is 0 Å². The third-order valence-corrected chi connectivity index (χ3v) is 3.35. The van der Waals surface area contributed by atoms with Crippen LogP contribution in [0.2, 0.25) is 5.02 Å². The Morgan fingerprint density at radius 2 is 1.70 bits per heavy atom. The summed E-state index contributed by atoms with van der Waals surface area (Å²) in [4.78, 5) is 15.7. The minimum atomic E-state index is -1.14. The molecule has 0 aromatic heterocycles. The van der Waals surface area contributed by atoms with Crippen LogP contribution in [0.15, 0.2) is 47.1 Å². The predicted octanol–water partition coefficient (Wildman–Crippen LogP) is 4.10. The molecule has 0 N–H and O–H groups in total. The average Bonchev–Trinajstić information content (AvgIpc) is 2.86. The van der Waals surface area contributed by atoms with Crippen LogP contribution < -0.4 is 0 Å². The van der Waals surface area contributed by atoms with Gasteiger partial charge in [-0.3, -0.25) is 0 Å². The van der Waals surface area contributed by atoms with Crippen LogP contribution in [-0.2, 0) is 9.53 Å². The molecule has 0 saturated heterocycles. The van der Waals surface area contributed by atoms with Gasteiger partial charge in [-0.05, 0) is 35.9 Å². The monoisotopic (exact) mass is 337 g/mol. The fraction of sp³-hybridized carbons (Fsp3) is 0. The molecule has 7 heteroatoms. The highest BCUT2D eigenvalue weighted by molar-refractivity contribution is 6.34. The molecule has 23 heavy (non-hydrogen) atoms. The third-order valence-electron chi connectivity index (χ3n) is 3.03. The Kier molecular flexibility index (Phi) is 3.92. The van der Waals surface area contributed by atoms with Crippen molar-refractivity contribution < 1.29 is 22.7 Å². The van der Waals surface area contributed by atoms with Gasteiger partial charge in [-0.15, -0.1) is 0 Å². The SMILES string of the molecule is O=C1OC(c2cc(F)c(F)cc2Cl)=NC1=Cc1ccc(F)cc1. The van der Waals surface area contributed by atoms with Gasteiger partial charge in [0.2, 0.25) is 5.90 Å². The van der Waals surface area contributed by atoms with E-state index in [0.717, 1.165) is 12.1 Å². The van der Waals surface area contributed by atoms with Crippen molar-refractivity contribution in [2.45, 2.75) is 0 Å². The zero-order valence-electron chi connectivity index (χ0n) is 11.3. The fourth-order valence-electron chi connectivity index (χ4n) is 1.93. The lowest BCUT2D eigenvalue weighted by atomic mass is 10.2. The van der Waals surface area contributed by atoms with Crippen LogP contribution in [0, 0.1) is 17.5 Å². The van der Waals surface area contributed by atoms with Crippen LogP contribution >= 0.6 is 11.6 Å². The summed E-state index contributed by atoms with van der Waals surface area (Å²) in [6, 6.07) is 6.92. The maximum Gasteiger partial charge on any atom is 0.363 e. The van der Waals surface area contributed by atoms with Gasteiger partial charge in [-0.2, -0.15) is 0 Å². The van der Waals surface area contributed by atoms with Gasteiger partial charge in [-0.1, -0.05) is 23.7 Å². The van der Waals surface area contributed by atoms with E-state index < -0.39 is 23.4 Å². The highest BCUT2D eigenvalue weighted by Gasteiger charge is 2.26. The number of hydrogen-bond acceptors (Lipinski definition) is 3. The maximum absolute atomic E-state index is 13.3. The first-order chi connectivity index (χ1) is 10.9. The minimum Gasteiger partial charge on any atom is -0.402 e. The molecule has 0 bridgehead atoms. The van der Waals surface area contributed by atoms with Crippen molar-refractivity contribution in [2.24, 2.45) is 4.99 Å². The molecule has 0 saturated carbocycles. The molecule has 0 aliphatic carbocycles. The number of esters is 1. The fourth-order valence-corrected chi connectivity index (χ4v) is 2.16. The first-order valence-corrected chi connectivity index (χ1v) is 6.75. The van der Waals surface area contributed by atoms with Gasteiger partial charge in [0.15, 0.2) is 17.3 Å². The van der Waals surface area contributed by atoms with Gasteiger partial charge in [0.1, 0.15) is 5.82 Å². The summed E-state index contributed by atoms with van der Waals surface area (Å²) >= 11 is 5.81. The van der Waals surface area contributed by atoms with E-state index in [4.69, 9.17) is 16.3 Å². The van der Waals surface area contributed by atoms with Crippen molar-refractivity contribution in [3.8, 4) is 0 Å². The average molecular weight is 338 g/mol. The van der Waals surface area contributed by atoms with E-state index in [1.807, 2.05) is 0 Å². The number of carbonyl (C=O) groups excluding carboxylic acids is 1. The van der Waals surface area contributed by atoms with Gasteiger partial charge < -0.3 is 4.74 Å². The second-order valence-corrected chi connectivity index (χ2v) is 5.04. The van der Waals surface area contributed by atoms with Crippen molar-refractivity contribution in [2.75, 3.05) is 0 Å². The van der Waals surface area contributed by atoms with E-state index in [2.05, 4.69) is 4.99 Å². The molecule has 1 heterocycles. The Hall–Kier alpha value is -2.60. The molecule has 0 unspecified atom stereocenters. The van der Waals surface area contributed by atoms with Crippen LogP contribution in [0.5, 0.6) is 0 Å². The van der Waals surface area contributed by atoms with Crippen LogP contribution in [-0.4, -0.2) is 11.9 Å². The zero-order valence-corrected chi connectivity index (χ0v) is 12.1. The quantitative estimate of drug-likeness (QED) is 0.470. The Labute approximate surface area is 133 Å². The van der Waals surface area contributed by atoms with E-state index in [-0.39, 0.29) is 22.2 Å². The maximum atomic E-state index is 13.3. The van der Waals surface area contributed by atoms with Crippen molar-refractivity contribution >= 4 is 29.5 Å². The molecule has 0 spiro atoms. The molecule has 2 aromatic rings. The molecule has 0 amide bonds. The van der Waals surface area contributed by atoms with E-state index >= 15 is 0 Å². The summed E-state index contributed by atoms with van der Waals surface area (Å²) in [6.07, 6.45) is 1.38. The molecule has 1 aliphatic rings. The predicted molar refractivity (Wildman–Crippen MR) is 78.4 cm³/mol. The topological polar surface area (TPSA) is 38.7 Å². The van der Waals surface area contributed by atoms with Gasteiger partial charge in [-0.25, -0.2) is 23.0 Å². The molecule has 116 valence electrons. The Morgan fingerprint density at radius 1 is 1.04 bits per heavy atom. The molecule has 3 nitrogen and oxygen atoms in total. The molecule has 1 aliphatic heterocycles. The number of aliphatic imine (C=N–C) groups is 1. The van der Waals surface area contributed by atoms with E-state index in [9.17, 15) is 18.0 Å². The van der Waals surface area contributed by atoms with Gasteiger partial charge >= 0.3 is 5.97 Å². The number of benzene rings is 2. The lowest BCUT2D eigenvalue weighted by molar-refractivity contribution is -0.129. The summed E-state index contributed by atoms with van der Waals surface area (Å²) < 4.78 is 44.2. The molecule has 0 radical (unpaired) electrons. The van der Waals surface area contributed by atoms with Crippen LogP contribution in [0.3, 0.4) is 0 Å². The largest absolute Gasteiger partial charge is 0.402 e. The van der Waals surface area contributed by atoms with Gasteiger partial charge in [0.05, 0.1) is 10.6 Å². The van der Waals surface area contributed by atoms with Gasteiger partial charge in [0, 0.05) is 0 Å². The summed E-state index contributed by atoms with van der Waals surface area (Å²) in [5.74, 6) is -3.68. The van der Waals surface area contributed by atoms with Crippen molar-refractivity contribution in [1.29, 1.82) is 0 Å². The molecular weight excluding hydrogens is 331 g/mol. The number of carbonyl (C=O) groups is 1. The second kappa shape index (κ2) is 5.89. The molecule has 2 aromatic carbocycles. The van der Waals surface area contributed by atoms with Gasteiger partial charge in [0.25, 0.3) is 0 Å². The molecule has 3 rings (SSSR count). The van der Waals surface area contributed by atoms with E-state index in [0.29, 0.717) is 5.56 Å². The summed E-state index contributed by atoms with van der Waals surface area (Å²) in [7, 11) is 0. The van der Waals surface area contributed by atoms with Crippen LogP contribution in [0.1, 0.15) is 11.1 Å². The number of halogens is 4. The Bertz CT molecular complexity index is 860. The number of nitrogens with zero attached hydrogens (tertiary/aromatic N) is 1. The third kappa shape index (κ3) is 3.12. The minimum absolute atomic E-state index is 0.0403. The number of ether oxygens (including phenoxy) is 1. The second-order valence-electron chi connectivity index (χ2n) is 4.63. The highest BCUT2D eigenvalue weighted by Crippen LogP contribution is 2.25. The summed E-state index contributed by atoms with van der Waals surface area (Å²) in [5.41, 5.74) is 0.425. The molecule has 0 fully saturated rings. The number of rotatable bonds is 2. The number of cyclic esters (lactones) is 1. The zero-order chi connectivity index (χ0) is 16.6. The first-order valence-electron chi connectivity index (χ1n) is 6.37. The molecular formula is C16H7ClF3NO2. The van der Waals surface area contributed by atoms with E-state index in [1.165, 1.54) is 30.3 Å². The summed E-state index contributed by atoms with van der Waals surface area (Å²) in [5, 5.41) is -0.140. The van der Waals surface area contributed by atoms with E-state index in [1.54, 1.807) is 0 Å². The van der Waals surface area contributed by atoms with Crippen LogP contribution in [0.25, 0.3) is 6.08 Å². The summed E-state index contributed by atoms with van der Waals surface area (Å²) in [6.45, 7) is 0. The lowest BCUT2D eigenvalue weighted by Gasteiger charge is -2.03. The normalized spacial score (nSPS) is 15.7. The Balaban J connectivity index is 1.98. The van der Waals surface area contributed by atoms with Crippen LogP contribution in [0.4, 0.5) is 13.2 Å². The first kappa shape index (κ1) is 15.3. The number of hydrogen-bond donors (Lipinski definition) is 0.